The van der Waals surface area contributed by atoms with Crippen molar-refractivity contribution in [2.24, 2.45) is 4.99 Å². The molecule has 1 rings (SSSR count). The minimum absolute atomic E-state index is 0.645. The largest absolute Gasteiger partial charge is 0.398 e. The van der Waals surface area contributed by atoms with Crippen LogP contribution in [0, 0.1) is 0 Å². The number of nitrogen functional groups attached to an aromatic ring is 1. The van der Waals surface area contributed by atoms with Crippen molar-refractivity contribution >= 4 is 29.2 Å². The van der Waals surface area contributed by atoms with Crippen LogP contribution in [0.25, 0.3) is 0 Å². The molecule has 2 N–H and O–H groups in total. The second-order valence-electron chi connectivity index (χ2n) is 3.21. The predicted octanol–water partition coefficient (Wildman–Crippen LogP) is 2.04. The molecule has 3 nitrogen and oxygen atoms in total. The molecule has 1 aromatic rings. The maximum atomic E-state index is 6.03. The number of anilines is 2. The quantitative estimate of drug-likeness (QED) is 0.601. The molecule has 0 aliphatic heterocycles. The Kier molecular flexibility index (Phi) is 3.36. The van der Waals surface area contributed by atoms with E-state index in [1.54, 1.807) is 19.3 Å². The molecule has 0 amide bonds. The molecule has 0 atom stereocenters. The van der Waals surface area contributed by atoms with E-state index in [0.717, 1.165) is 11.3 Å². The molecule has 0 aromatic heterocycles. The molecule has 0 aliphatic rings. The molecule has 0 bridgehead atoms. The molecule has 0 fully saturated rings. The van der Waals surface area contributed by atoms with E-state index >= 15 is 0 Å². The van der Waals surface area contributed by atoms with Gasteiger partial charge in [-0.05, 0) is 12.1 Å². The van der Waals surface area contributed by atoms with Gasteiger partial charge in [-0.15, -0.1) is 0 Å². The van der Waals surface area contributed by atoms with E-state index in [1.165, 1.54) is 0 Å². The maximum absolute atomic E-state index is 6.03. The lowest BCUT2D eigenvalue weighted by molar-refractivity contribution is 1.13. The van der Waals surface area contributed by atoms with Crippen molar-refractivity contribution in [1.29, 1.82) is 0 Å². The lowest BCUT2D eigenvalue weighted by Crippen LogP contribution is -2.10. The standard InChI is InChI=1S/C10H14ClN3/c1-13-6-7-4-10(14(2)3)8(11)5-9(7)12/h4-6H,12H2,1-3H3. The van der Waals surface area contributed by atoms with Crippen molar-refractivity contribution in [2.45, 2.75) is 0 Å². The Balaban J connectivity index is 3.27. The van der Waals surface area contributed by atoms with E-state index < -0.39 is 0 Å². The van der Waals surface area contributed by atoms with Gasteiger partial charge in [-0.2, -0.15) is 0 Å². The summed E-state index contributed by atoms with van der Waals surface area (Å²) >= 11 is 6.03. The molecule has 0 saturated carbocycles. The topological polar surface area (TPSA) is 41.6 Å². The summed E-state index contributed by atoms with van der Waals surface area (Å²) in [6, 6.07) is 3.67. The summed E-state index contributed by atoms with van der Waals surface area (Å²) in [6.45, 7) is 0. The predicted molar refractivity (Wildman–Crippen MR) is 63.7 cm³/mol. The van der Waals surface area contributed by atoms with Crippen LogP contribution in [0.1, 0.15) is 5.56 Å². The first-order valence-electron chi connectivity index (χ1n) is 4.24. The third-order valence-corrected chi connectivity index (χ3v) is 2.21. The number of benzene rings is 1. The van der Waals surface area contributed by atoms with Crippen LogP contribution in [0.4, 0.5) is 11.4 Å². The number of nitrogens with zero attached hydrogens (tertiary/aromatic N) is 2. The van der Waals surface area contributed by atoms with Crippen LogP contribution in [-0.4, -0.2) is 27.4 Å². The third-order valence-electron chi connectivity index (χ3n) is 1.90. The first-order chi connectivity index (χ1) is 6.56. The minimum Gasteiger partial charge on any atom is -0.398 e. The molecule has 0 saturated heterocycles. The summed E-state index contributed by atoms with van der Waals surface area (Å²) in [5.74, 6) is 0. The molecular weight excluding hydrogens is 198 g/mol. The highest BCUT2D eigenvalue weighted by molar-refractivity contribution is 6.33. The molecule has 0 spiro atoms. The van der Waals surface area contributed by atoms with Crippen molar-refractivity contribution in [3.63, 3.8) is 0 Å². The van der Waals surface area contributed by atoms with Crippen molar-refractivity contribution in [1.82, 2.24) is 0 Å². The van der Waals surface area contributed by atoms with Gasteiger partial charge in [-0.1, -0.05) is 11.6 Å². The molecule has 1 aromatic carbocycles. The van der Waals surface area contributed by atoms with Crippen LogP contribution < -0.4 is 10.6 Å². The fraction of sp³-hybridized carbons (Fsp3) is 0.300. The minimum atomic E-state index is 0.645. The zero-order valence-corrected chi connectivity index (χ0v) is 9.34. The van der Waals surface area contributed by atoms with Gasteiger partial charge in [0.1, 0.15) is 0 Å². The summed E-state index contributed by atoms with van der Waals surface area (Å²) in [7, 11) is 5.58. The highest BCUT2D eigenvalue weighted by Crippen LogP contribution is 2.28. The summed E-state index contributed by atoms with van der Waals surface area (Å²) in [6.07, 6.45) is 1.72. The Hall–Kier alpha value is -1.22. The number of halogens is 1. The average molecular weight is 212 g/mol. The van der Waals surface area contributed by atoms with Crippen LogP contribution in [-0.2, 0) is 0 Å². The Bertz CT molecular complexity index is 359. The normalized spacial score (nSPS) is 10.9. The monoisotopic (exact) mass is 211 g/mol. The Morgan fingerprint density at radius 2 is 2.07 bits per heavy atom. The van der Waals surface area contributed by atoms with Gasteiger partial charge in [-0.25, -0.2) is 0 Å². The number of hydrogen-bond donors (Lipinski definition) is 1. The first kappa shape index (κ1) is 10.9. The summed E-state index contributed by atoms with van der Waals surface area (Å²) in [5.41, 5.74) is 8.26. The van der Waals surface area contributed by atoms with Crippen molar-refractivity contribution in [2.75, 3.05) is 31.8 Å². The van der Waals surface area contributed by atoms with Crippen molar-refractivity contribution in [3.8, 4) is 0 Å². The number of hydrogen-bond acceptors (Lipinski definition) is 3. The van der Waals surface area contributed by atoms with E-state index in [2.05, 4.69) is 4.99 Å². The fourth-order valence-electron chi connectivity index (χ4n) is 1.19. The van der Waals surface area contributed by atoms with Crippen LogP contribution in [0.5, 0.6) is 0 Å². The molecule has 0 radical (unpaired) electrons. The molecule has 0 aliphatic carbocycles. The van der Waals surface area contributed by atoms with Gasteiger partial charge in [0.2, 0.25) is 0 Å². The molecular formula is C10H14ClN3. The van der Waals surface area contributed by atoms with Gasteiger partial charge in [0.15, 0.2) is 0 Å². The zero-order valence-electron chi connectivity index (χ0n) is 8.58. The third kappa shape index (κ3) is 2.17. The van der Waals surface area contributed by atoms with Crippen molar-refractivity contribution in [3.05, 3.63) is 22.7 Å². The lowest BCUT2D eigenvalue weighted by Gasteiger charge is -2.15. The highest BCUT2D eigenvalue weighted by atomic mass is 35.5. The molecule has 76 valence electrons. The van der Waals surface area contributed by atoms with E-state index in [0.29, 0.717) is 10.7 Å². The number of rotatable bonds is 2. The van der Waals surface area contributed by atoms with Crippen LogP contribution in [0.2, 0.25) is 5.02 Å². The summed E-state index contributed by atoms with van der Waals surface area (Å²) in [5, 5.41) is 0.653. The van der Waals surface area contributed by atoms with Gasteiger partial charge in [0.25, 0.3) is 0 Å². The number of nitrogens with two attached hydrogens (primary N) is 1. The number of aliphatic imine (C=N–C) groups is 1. The van der Waals surface area contributed by atoms with Gasteiger partial charge < -0.3 is 10.6 Å². The second-order valence-corrected chi connectivity index (χ2v) is 3.62. The van der Waals surface area contributed by atoms with E-state index in [1.807, 2.05) is 25.1 Å². The Labute approximate surface area is 89.2 Å². The molecule has 0 heterocycles. The van der Waals surface area contributed by atoms with Crippen LogP contribution >= 0.6 is 11.6 Å². The van der Waals surface area contributed by atoms with E-state index in [4.69, 9.17) is 17.3 Å². The van der Waals surface area contributed by atoms with Crippen molar-refractivity contribution < 1.29 is 0 Å². The lowest BCUT2D eigenvalue weighted by atomic mass is 10.1. The average Bonchev–Trinajstić information content (AvgIpc) is 2.09. The van der Waals surface area contributed by atoms with E-state index in [9.17, 15) is 0 Å². The Morgan fingerprint density at radius 3 is 2.57 bits per heavy atom. The maximum Gasteiger partial charge on any atom is 0.0660 e. The van der Waals surface area contributed by atoms with Gasteiger partial charge in [0.05, 0.1) is 10.7 Å². The molecule has 0 unspecified atom stereocenters. The van der Waals surface area contributed by atoms with Gasteiger partial charge in [0, 0.05) is 38.6 Å². The fourth-order valence-corrected chi connectivity index (χ4v) is 1.53. The summed E-state index contributed by atoms with van der Waals surface area (Å²) in [4.78, 5) is 5.87. The SMILES string of the molecule is CN=Cc1cc(N(C)C)c(Cl)cc1N. The molecule has 14 heavy (non-hydrogen) atoms. The van der Waals surface area contributed by atoms with Crippen LogP contribution in [0.3, 0.4) is 0 Å². The smallest absolute Gasteiger partial charge is 0.0660 e. The summed E-state index contributed by atoms with van der Waals surface area (Å²) < 4.78 is 0. The van der Waals surface area contributed by atoms with E-state index in [-0.39, 0.29) is 0 Å². The second kappa shape index (κ2) is 4.33. The van der Waals surface area contributed by atoms with Gasteiger partial charge in [-0.3, -0.25) is 4.99 Å². The molecule has 4 heteroatoms. The zero-order chi connectivity index (χ0) is 10.7. The van der Waals surface area contributed by atoms with Crippen LogP contribution in [0.15, 0.2) is 17.1 Å². The first-order valence-corrected chi connectivity index (χ1v) is 4.62. The van der Waals surface area contributed by atoms with Gasteiger partial charge >= 0.3 is 0 Å². The highest BCUT2D eigenvalue weighted by Gasteiger charge is 2.06. The Morgan fingerprint density at radius 1 is 1.43 bits per heavy atom.